The van der Waals surface area contributed by atoms with Crippen LogP contribution in [0.4, 0.5) is 0 Å². The summed E-state index contributed by atoms with van der Waals surface area (Å²) in [5.74, 6) is -0.532. The van der Waals surface area contributed by atoms with Gasteiger partial charge in [-0.15, -0.1) is 11.8 Å². The molecule has 238 valence electrons. The maximum absolute atomic E-state index is 12.6. The first kappa shape index (κ1) is 32.2. The lowest BCUT2D eigenvalue weighted by atomic mass is 9.99. The number of carbonyl (C=O) groups is 2. The molecule has 0 bridgehead atoms. The molecule has 8 heteroatoms. The maximum Gasteiger partial charge on any atom is 0.336 e. The van der Waals surface area contributed by atoms with Crippen molar-refractivity contribution in [2.75, 3.05) is 5.75 Å². The van der Waals surface area contributed by atoms with Gasteiger partial charge >= 0.3 is 5.97 Å². The average Bonchev–Trinajstić information content (AvgIpc) is 3.13. The van der Waals surface area contributed by atoms with E-state index in [0.717, 1.165) is 33.4 Å². The van der Waals surface area contributed by atoms with Gasteiger partial charge in [0.25, 0.3) is 5.91 Å². The Kier molecular flexibility index (Phi) is 10.4. The van der Waals surface area contributed by atoms with Crippen LogP contribution in [0.15, 0.2) is 132 Å². The minimum Gasteiger partial charge on any atom is -0.478 e. The van der Waals surface area contributed by atoms with Crippen LogP contribution in [-0.2, 0) is 22.6 Å². The predicted molar refractivity (Wildman–Crippen MR) is 182 cm³/mol. The number of carbonyl (C=O) groups excluding carboxylic acids is 1. The minimum atomic E-state index is -0.958. The summed E-state index contributed by atoms with van der Waals surface area (Å²) in [4.78, 5) is 25.1. The molecule has 0 aliphatic carbocycles. The van der Waals surface area contributed by atoms with Crippen molar-refractivity contribution in [3.05, 3.63) is 161 Å². The largest absolute Gasteiger partial charge is 0.478 e. The standard InChI is InChI=1S/C39H35NO6S/c41-24-26-16-18-28(19-17-26)35-22-33(25-47-36-15-5-4-14-34(36)38(43)44)45-39(46-35)32-13-7-12-31(21-32)30-11-6-8-27(20-30)23-40-37(42)29-9-2-1-3-10-29/h1-21,33,35,39,41H,22-25H2,(H,40,42)(H,43,44). The summed E-state index contributed by atoms with van der Waals surface area (Å²) < 4.78 is 13.1. The fraction of sp³-hybridized carbons (Fsp3) is 0.179. The molecule has 0 aromatic heterocycles. The van der Waals surface area contributed by atoms with Crippen LogP contribution in [-0.4, -0.2) is 33.9 Å². The van der Waals surface area contributed by atoms with Gasteiger partial charge in [0.1, 0.15) is 0 Å². The number of aromatic carboxylic acids is 1. The Balaban J connectivity index is 1.21. The number of aliphatic hydroxyl groups excluding tert-OH is 1. The van der Waals surface area contributed by atoms with Crippen molar-refractivity contribution < 1.29 is 29.3 Å². The number of hydrogen-bond acceptors (Lipinski definition) is 6. The van der Waals surface area contributed by atoms with Crippen LogP contribution < -0.4 is 5.32 Å². The van der Waals surface area contributed by atoms with Crippen molar-refractivity contribution in [1.29, 1.82) is 0 Å². The van der Waals surface area contributed by atoms with Gasteiger partial charge < -0.3 is 25.0 Å². The fourth-order valence-corrected chi connectivity index (χ4v) is 6.64. The molecule has 0 spiro atoms. The molecule has 47 heavy (non-hydrogen) atoms. The van der Waals surface area contributed by atoms with Crippen molar-refractivity contribution in [3.63, 3.8) is 0 Å². The first-order chi connectivity index (χ1) is 23.0. The zero-order chi connectivity index (χ0) is 32.6. The topological polar surface area (TPSA) is 105 Å². The van der Waals surface area contributed by atoms with Gasteiger partial charge in [0.15, 0.2) is 6.29 Å². The molecule has 0 saturated carbocycles. The van der Waals surface area contributed by atoms with Crippen molar-refractivity contribution >= 4 is 23.6 Å². The molecule has 1 amide bonds. The number of thioether (sulfide) groups is 1. The highest BCUT2D eigenvalue weighted by molar-refractivity contribution is 7.99. The summed E-state index contributed by atoms with van der Waals surface area (Å²) in [6, 6.07) is 40.0. The third-order valence-corrected chi connectivity index (χ3v) is 9.27. The summed E-state index contributed by atoms with van der Waals surface area (Å²) in [7, 11) is 0. The zero-order valence-electron chi connectivity index (χ0n) is 25.6. The van der Waals surface area contributed by atoms with Crippen LogP contribution in [0.5, 0.6) is 0 Å². The molecule has 1 heterocycles. The van der Waals surface area contributed by atoms with Gasteiger partial charge in [0, 0.05) is 34.7 Å². The Bertz CT molecular complexity index is 1830. The highest BCUT2D eigenvalue weighted by Gasteiger charge is 2.32. The average molecular weight is 646 g/mol. The maximum atomic E-state index is 12.6. The fourth-order valence-electron chi connectivity index (χ4n) is 5.57. The molecule has 1 fully saturated rings. The van der Waals surface area contributed by atoms with E-state index >= 15 is 0 Å². The third-order valence-electron chi connectivity index (χ3n) is 8.07. The van der Waals surface area contributed by atoms with Crippen molar-refractivity contribution in [2.45, 2.75) is 43.0 Å². The number of rotatable bonds is 11. The Morgan fingerprint density at radius 3 is 2.23 bits per heavy atom. The van der Waals surface area contributed by atoms with Crippen molar-refractivity contribution in [1.82, 2.24) is 5.32 Å². The number of carboxylic acids is 1. The van der Waals surface area contributed by atoms with Crippen LogP contribution >= 0.6 is 11.8 Å². The zero-order valence-corrected chi connectivity index (χ0v) is 26.4. The smallest absolute Gasteiger partial charge is 0.336 e. The number of benzene rings is 5. The van der Waals surface area contributed by atoms with E-state index in [1.54, 1.807) is 24.3 Å². The number of aliphatic hydroxyl groups is 1. The van der Waals surface area contributed by atoms with Crippen LogP contribution in [0.3, 0.4) is 0 Å². The molecule has 3 atom stereocenters. The molecule has 7 nitrogen and oxygen atoms in total. The molecular weight excluding hydrogens is 610 g/mol. The van der Waals surface area contributed by atoms with Gasteiger partial charge in [0.05, 0.1) is 24.4 Å². The summed E-state index contributed by atoms with van der Waals surface area (Å²) in [6.45, 7) is 0.365. The molecular formula is C39H35NO6S. The molecule has 5 aromatic rings. The first-order valence-electron chi connectivity index (χ1n) is 15.4. The Labute approximate surface area is 278 Å². The number of nitrogens with one attached hydrogen (secondary N) is 1. The predicted octanol–water partition coefficient (Wildman–Crippen LogP) is 7.81. The second-order valence-electron chi connectivity index (χ2n) is 11.3. The molecule has 6 rings (SSSR count). The van der Waals surface area contributed by atoms with E-state index in [1.165, 1.54) is 11.8 Å². The van der Waals surface area contributed by atoms with E-state index in [9.17, 15) is 19.8 Å². The quantitative estimate of drug-likeness (QED) is 0.126. The number of ether oxygens (including phenoxy) is 2. The molecule has 1 aliphatic rings. The van der Waals surface area contributed by atoms with Gasteiger partial charge in [0.2, 0.25) is 0 Å². The Morgan fingerprint density at radius 1 is 0.745 bits per heavy atom. The van der Waals surface area contributed by atoms with Crippen LogP contribution in [0, 0.1) is 0 Å². The van der Waals surface area contributed by atoms with E-state index in [1.807, 2.05) is 91.0 Å². The van der Waals surface area contributed by atoms with E-state index in [2.05, 4.69) is 17.4 Å². The lowest BCUT2D eigenvalue weighted by Gasteiger charge is -2.36. The molecule has 1 aliphatic heterocycles. The summed E-state index contributed by atoms with van der Waals surface area (Å²) in [5.41, 5.74) is 6.53. The molecule has 1 saturated heterocycles. The van der Waals surface area contributed by atoms with Crippen LogP contribution in [0.2, 0.25) is 0 Å². The van der Waals surface area contributed by atoms with Gasteiger partial charge in [-0.1, -0.05) is 91.0 Å². The number of hydrogen-bond donors (Lipinski definition) is 3. The Hall–Kier alpha value is -4.73. The van der Waals surface area contributed by atoms with E-state index in [0.29, 0.717) is 29.2 Å². The second-order valence-corrected chi connectivity index (χ2v) is 12.4. The second kappa shape index (κ2) is 15.2. The van der Waals surface area contributed by atoms with Gasteiger partial charge in [-0.2, -0.15) is 0 Å². The Morgan fingerprint density at radius 2 is 1.47 bits per heavy atom. The third kappa shape index (κ3) is 8.17. The first-order valence-corrected chi connectivity index (χ1v) is 16.4. The normalized spacial score (nSPS) is 17.6. The number of carboxylic acid groups (broad SMARTS) is 1. The molecule has 5 aromatic carbocycles. The molecule has 0 radical (unpaired) electrons. The summed E-state index contributed by atoms with van der Waals surface area (Å²) in [6.07, 6.45) is -0.543. The van der Waals surface area contributed by atoms with Gasteiger partial charge in [-0.05, 0) is 64.2 Å². The van der Waals surface area contributed by atoms with Crippen molar-refractivity contribution in [2.24, 2.45) is 0 Å². The summed E-state index contributed by atoms with van der Waals surface area (Å²) >= 11 is 1.46. The summed E-state index contributed by atoms with van der Waals surface area (Å²) in [5, 5.41) is 22.2. The number of amides is 1. The van der Waals surface area contributed by atoms with E-state index in [4.69, 9.17) is 9.47 Å². The SMILES string of the molecule is O=C(NCc1cccc(-c2cccc(C3OC(CSc4ccccc4C(=O)O)CC(c4ccc(CO)cc4)O3)c2)c1)c1ccccc1. The van der Waals surface area contributed by atoms with Crippen molar-refractivity contribution in [3.8, 4) is 11.1 Å². The highest BCUT2D eigenvalue weighted by Crippen LogP contribution is 2.40. The minimum absolute atomic E-state index is 0.0345. The molecule has 3 unspecified atom stereocenters. The monoisotopic (exact) mass is 645 g/mol. The highest BCUT2D eigenvalue weighted by atomic mass is 32.2. The van der Waals surface area contributed by atoms with E-state index < -0.39 is 12.3 Å². The lowest BCUT2D eigenvalue weighted by Crippen LogP contribution is -2.31. The van der Waals surface area contributed by atoms with Crippen LogP contribution in [0.25, 0.3) is 11.1 Å². The molecule has 3 N–H and O–H groups in total. The van der Waals surface area contributed by atoms with Gasteiger partial charge in [-0.25, -0.2) is 4.79 Å². The van der Waals surface area contributed by atoms with E-state index in [-0.39, 0.29) is 30.3 Å². The van der Waals surface area contributed by atoms with Crippen LogP contribution in [0.1, 0.15) is 61.8 Å². The lowest BCUT2D eigenvalue weighted by molar-refractivity contribution is -0.245. The van der Waals surface area contributed by atoms with Gasteiger partial charge in [-0.3, -0.25) is 4.79 Å².